The van der Waals surface area contributed by atoms with E-state index in [1.165, 1.54) is 11.0 Å². The highest BCUT2D eigenvalue weighted by atomic mass is 19.4. The van der Waals surface area contributed by atoms with Gasteiger partial charge in [-0.05, 0) is 37.5 Å². The number of benzene rings is 1. The van der Waals surface area contributed by atoms with Crippen LogP contribution in [0.5, 0.6) is 0 Å². The maximum absolute atomic E-state index is 12.8. The molecule has 30 heavy (non-hydrogen) atoms. The second kappa shape index (κ2) is 8.23. The Morgan fingerprint density at radius 3 is 2.37 bits per heavy atom. The van der Waals surface area contributed by atoms with E-state index in [2.05, 4.69) is 10.6 Å². The summed E-state index contributed by atoms with van der Waals surface area (Å²) in [6.07, 6.45) is -7.39. The number of carbonyl (C=O) groups excluding carboxylic acids is 3. The SMILES string of the molecule is O=C(Nc1cccc(C(F)(F)F)c1)[C@H](O)[C@@H](O)C(=O)N1CCC2(CCNC2=O)CC1. The number of hydrogen-bond donors (Lipinski definition) is 4. The summed E-state index contributed by atoms with van der Waals surface area (Å²) in [5, 5.41) is 25.0. The fourth-order valence-corrected chi connectivity index (χ4v) is 3.80. The Bertz CT molecular complexity index is 837. The number of carbonyl (C=O) groups is 3. The van der Waals surface area contributed by atoms with E-state index in [9.17, 15) is 37.8 Å². The van der Waals surface area contributed by atoms with Gasteiger partial charge in [-0.1, -0.05) is 6.07 Å². The van der Waals surface area contributed by atoms with Crippen molar-refractivity contribution in [3.8, 4) is 0 Å². The van der Waals surface area contributed by atoms with Gasteiger partial charge in [0.1, 0.15) is 0 Å². The third kappa shape index (κ3) is 4.41. The first-order valence-electron chi connectivity index (χ1n) is 9.45. The van der Waals surface area contributed by atoms with Crippen molar-refractivity contribution >= 4 is 23.4 Å². The Labute approximate surface area is 170 Å². The van der Waals surface area contributed by atoms with Crippen LogP contribution in [-0.2, 0) is 20.6 Å². The number of aliphatic hydroxyl groups is 2. The summed E-state index contributed by atoms with van der Waals surface area (Å²) in [5.41, 5.74) is -1.76. The molecule has 2 saturated heterocycles. The van der Waals surface area contributed by atoms with Crippen LogP contribution in [0.1, 0.15) is 24.8 Å². The number of rotatable bonds is 4. The minimum Gasteiger partial charge on any atom is -0.380 e. The first-order chi connectivity index (χ1) is 14.0. The summed E-state index contributed by atoms with van der Waals surface area (Å²) in [5.74, 6) is -2.15. The van der Waals surface area contributed by atoms with E-state index in [-0.39, 0.29) is 24.7 Å². The molecule has 3 amide bonds. The van der Waals surface area contributed by atoms with Gasteiger partial charge in [-0.15, -0.1) is 0 Å². The van der Waals surface area contributed by atoms with E-state index < -0.39 is 41.2 Å². The van der Waals surface area contributed by atoms with Crippen molar-refractivity contribution in [3.05, 3.63) is 29.8 Å². The van der Waals surface area contributed by atoms with E-state index in [0.717, 1.165) is 12.1 Å². The van der Waals surface area contributed by atoms with Crippen molar-refractivity contribution in [2.45, 2.75) is 37.6 Å². The molecule has 8 nitrogen and oxygen atoms in total. The highest BCUT2D eigenvalue weighted by molar-refractivity contribution is 5.98. The van der Waals surface area contributed by atoms with E-state index in [4.69, 9.17) is 0 Å². The number of aliphatic hydroxyl groups excluding tert-OH is 2. The van der Waals surface area contributed by atoms with Crippen LogP contribution in [0.4, 0.5) is 18.9 Å². The maximum atomic E-state index is 12.8. The van der Waals surface area contributed by atoms with Crippen LogP contribution in [0.15, 0.2) is 24.3 Å². The lowest BCUT2D eigenvalue weighted by Crippen LogP contribution is -2.53. The molecule has 2 aliphatic heterocycles. The smallest absolute Gasteiger partial charge is 0.380 e. The van der Waals surface area contributed by atoms with Gasteiger partial charge in [0.05, 0.1) is 11.0 Å². The Hall–Kier alpha value is -2.66. The molecule has 11 heteroatoms. The van der Waals surface area contributed by atoms with Gasteiger partial charge >= 0.3 is 6.18 Å². The average molecular weight is 429 g/mol. The second-order valence-corrected chi connectivity index (χ2v) is 7.57. The molecule has 0 radical (unpaired) electrons. The van der Waals surface area contributed by atoms with Crippen LogP contribution >= 0.6 is 0 Å². The van der Waals surface area contributed by atoms with Crippen molar-refractivity contribution < 1.29 is 37.8 Å². The number of amides is 3. The van der Waals surface area contributed by atoms with E-state index in [1.807, 2.05) is 0 Å². The largest absolute Gasteiger partial charge is 0.416 e. The van der Waals surface area contributed by atoms with Crippen LogP contribution in [-0.4, -0.2) is 64.7 Å². The molecule has 2 atom stereocenters. The van der Waals surface area contributed by atoms with Gasteiger partial charge in [0, 0.05) is 25.3 Å². The molecular formula is C19H22F3N3O5. The third-order valence-electron chi connectivity index (χ3n) is 5.68. The Morgan fingerprint density at radius 2 is 1.80 bits per heavy atom. The number of nitrogens with one attached hydrogen (secondary N) is 2. The molecule has 2 heterocycles. The molecule has 0 saturated carbocycles. The molecule has 4 N–H and O–H groups in total. The normalized spacial score (nSPS) is 20.6. The molecule has 0 unspecified atom stereocenters. The molecule has 1 aromatic rings. The predicted octanol–water partition coefficient (Wildman–Crippen LogP) is 0.494. The summed E-state index contributed by atoms with van der Waals surface area (Å²) in [6, 6.07) is 3.76. The van der Waals surface area contributed by atoms with Gasteiger partial charge in [0.2, 0.25) is 5.91 Å². The summed E-state index contributed by atoms with van der Waals surface area (Å²) in [6.45, 7) is 0.945. The van der Waals surface area contributed by atoms with Crippen molar-refractivity contribution in [3.63, 3.8) is 0 Å². The maximum Gasteiger partial charge on any atom is 0.416 e. The molecule has 164 valence electrons. The zero-order valence-electron chi connectivity index (χ0n) is 15.9. The first-order valence-corrected chi connectivity index (χ1v) is 9.45. The number of hydrogen-bond acceptors (Lipinski definition) is 5. The Balaban J connectivity index is 1.58. The topological polar surface area (TPSA) is 119 Å². The number of nitrogens with zero attached hydrogens (tertiary/aromatic N) is 1. The lowest BCUT2D eigenvalue weighted by atomic mass is 9.77. The van der Waals surface area contributed by atoms with Crippen molar-refractivity contribution in [1.82, 2.24) is 10.2 Å². The van der Waals surface area contributed by atoms with Crippen molar-refractivity contribution in [2.75, 3.05) is 25.0 Å². The van der Waals surface area contributed by atoms with Crippen LogP contribution in [0.25, 0.3) is 0 Å². The molecular weight excluding hydrogens is 407 g/mol. The average Bonchev–Trinajstić information content (AvgIpc) is 3.06. The number of piperidine rings is 1. The highest BCUT2D eigenvalue weighted by Crippen LogP contribution is 2.38. The van der Waals surface area contributed by atoms with Gasteiger partial charge in [-0.3, -0.25) is 14.4 Å². The molecule has 1 aromatic carbocycles. The zero-order valence-corrected chi connectivity index (χ0v) is 15.9. The molecule has 2 aliphatic rings. The van der Waals surface area contributed by atoms with Crippen molar-refractivity contribution in [1.29, 1.82) is 0 Å². The summed E-state index contributed by atoms with van der Waals surface area (Å²) in [4.78, 5) is 37.8. The zero-order chi connectivity index (χ0) is 22.1. The third-order valence-corrected chi connectivity index (χ3v) is 5.68. The van der Waals surface area contributed by atoms with Crippen molar-refractivity contribution in [2.24, 2.45) is 5.41 Å². The fourth-order valence-electron chi connectivity index (χ4n) is 3.80. The van der Waals surface area contributed by atoms with Crippen LogP contribution in [0.2, 0.25) is 0 Å². The van der Waals surface area contributed by atoms with Gasteiger partial charge in [0.25, 0.3) is 11.8 Å². The molecule has 1 spiro atoms. The minimum absolute atomic E-state index is 0.0596. The first kappa shape index (κ1) is 22.0. The summed E-state index contributed by atoms with van der Waals surface area (Å²) in [7, 11) is 0. The number of alkyl halides is 3. The quantitative estimate of drug-likeness (QED) is 0.556. The molecule has 0 aliphatic carbocycles. The number of halogens is 3. The van der Waals surface area contributed by atoms with Gasteiger partial charge in [-0.25, -0.2) is 0 Å². The lowest BCUT2D eigenvalue weighted by molar-refractivity contribution is -0.154. The molecule has 2 fully saturated rings. The molecule has 0 aromatic heterocycles. The highest BCUT2D eigenvalue weighted by Gasteiger charge is 2.46. The van der Waals surface area contributed by atoms with Crippen LogP contribution in [0, 0.1) is 5.41 Å². The van der Waals surface area contributed by atoms with E-state index >= 15 is 0 Å². The Morgan fingerprint density at radius 1 is 1.13 bits per heavy atom. The number of anilines is 1. The molecule has 3 rings (SSSR count). The second-order valence-electron chi connectivity index (χ2n) is 7.57. The van der Waals surface area contributed by atoms with E-state index in [0.29, 0.717) is 31.9 Å². The standard InChI is InChI=1S/C19H22F3N3O5/c20-19(21,22)11-2-1-3-12(10-11)24-15(28)13(26)14(27)16(29)25-8-5-18(6-9-25)4-7-23-17(18)30/h1-3,10,13-14,26-27H,4-9H2,(H,23,30)(H,24,28)/t13-,14-/m1/s1. The van der Waals surface area contributed by atoms with Crippen LogP contribution < -0.4 is 10.6 Å². The Kier molecular flexibility index (Phi) is 6.04. The van der Waals surface area contributed by atoms with Gasteiger partial charge in [-0.2, -0.15) is 13.2 Å². The van der Waals surface area contributed by atoms with Gasteiger partial charge < -0.3 is 25.7 Å². The lowest BCUT2D eigenvalue weighted by Gasteiger charge is -2.38. The van der Waals surface area contributed by atoms with Crippen LogP contribution in [0.3, 0.4) is 0 Å². The fraction of sp³-hybridized carbons (Fsp3) is 0.526. The molecule has 0 bridgehead atoms. The predicted molar refractivity (Wildman–Crippen MR) is 98.0 cm³/mol. The van der Waals surface area contributed by atoms with E-state index in [1.54, 1.807) is 0 Å². The minimum atomic E-state index is -4.61. The summed E-state index contributed by atoms with van der Waals surface area (Å²) < 4.78 is 38.3. The monoisotopic (exact) mass is 429 g/mol. The number of likely N-dealkylation sites (tertiary alicyclic amines) is 1. The summed E-state index contributed by atoms with van der Waals surface area (Å²) >= 11 is 0. The van der Waals surface area contributed by atoms with Gasteiger partial charge in [0.15, 0.2) is 12.2 Å².